The zero-order valence-electron chi connectivity index (χ0n) is 4.52. The van der Waals surface area contributed by atoms with E-state index in [0.29, 0.717) is 4.43 Å². The molecule has 0 aliphatic rings. The molecule has 0 spiro atoms. The van der Waals surface area contributed by atoms with E-state index in [1.807, 2.05) is 22.6 Å². The highest BCUT2D eigenvalue weighted by Gasteiger charge is 2.10. The summed E-state index contributed by atoms with van der Waals surface area (Å²) >= 11 is 2.02. The van der Waals surface area contributed by atoms with Crippen molar-refractivity contribution in [3.05, 3.63) is 0 Å². The lowest BCUT2D eigenvalue weighted by atomic mass is 10.4. The van der Waals surface area contributed by atoms with E-state index < -0.39 is 12.0 Å². The van der Waals surface area contributed by atoms with E-state index in [1.54, 1.807) is 7.05 Å². The van der Waals surface area contributed by atoms with E-state index in [0.717, 1.165) is 0 Å². The Morgan fingerprint density at radius 1 is 2.00 bits per heavy atom. The van der Waals surface area contributed by atoms with Crippen LogP contribution in [0.15, 0.2) is 0 Å². The number of nitrogens with one attached hydrogen (secondary N) is 1. The quantitative estimate of drug-likeness (QED) is 0.532. The molecule has 0 saturated carbocycles. The summed E-state index contributed by atoms with van der Waals surface area (Å²) in [5.74, 6) is -0.790. The van der Waals surface area contributed by atoms with Crippen LogP contribution in [0.25, 0.3) is 0 Å². The van der Waals surface area contributed by atoms with E-state index >= 15 is 0 Å². The van der Waals surface area contributed by atoms with Crippen LogP contribution in [0.3, 0.4) is 0 Å². The van der Waals surface area contributed by atoms with Gasteiger partial charge in [0.2, 0.25) is 0 Å². The van der Waals surface area contributed by atoms with Crippen LogP contribution >= 0.6 is 22.6 Å². The fourth-order valence-corrected chi connectivity index (χ4v) is 1.08. The number of likely N-dealkylation sites (N-methyl/N-ethyl adjacent to an activating group) is 1. The van der Waals surface area contributed by atoms with Crippen LogP contribution in [0.5, 0.6) is 0 Å². The maximum atomic E-state index is 10.1. The van der Waals surface area contributed by atoms with Gasteiger partial charge in [0.15, 0.2) is 0 Å². The Labute approximate surface area is 61.6 Å². The van der Waals surface area contributed by atoms with Gasteiger partial charge in [-0.05, 0) is 7.05 Å². The third-order valence-corrected chi connectivity index (χ3v) is 1.68. The zero-order valence-corrected chi connectivity index (χ0v) is 6.68. The molecular weight excluding hydrogens is 221 g/mol. The summed E-state index contributed by atoms with van der Waals surface area (Å²) in [7, 11) is 1.64. The highest BCUT2D eigenvalue weighted by Crippen LogP contribution is 1.89. The Kier molecular flexibility index (Phi) is 4.16. The summed E-state index contributed by atoms with van der Waals surface area (Å²) < 4.78 is 0.601. The molecule has 0 aliphatic heterocycles. The van der Waals surface area contributed by atoms with E-state index in [2.05, 4.69) is 5.32 Å². The van der Waals surface area contributed by atoms with Gasteiger partial charge >= 0.3 is 5.97 Å². The number of hydrogen-bond acceptors (Lipinski definition) is 2. The summed E-state index contributed by atoms with van der Waals surface area (Å²) in [5, 5.41) is 11.0. The Hall–Kier alpha value is 0.160. The molecule has 0 unspecified atom stereocenters. The largest absolute Gasteiger partial charge is 0.480 e. The van der Waals surface area contributed by atoms with Crippen LogP contribution in [0.2, 0.25) is 0 Å². The van der Waals surface area contributed by atoms with Crippen molar-refractivity contribution in [1.29, 1.82) is 0 Å². The van der Waals surface area contributed by atoms with Crippen LogP contribution in [-0.2, 0) is 4.79 Å². The minimum atomic E-state index is -0.790. The molecule has 0 amide bonds. The molecule has 0 fully saturated rings. The van der Waals surface area contributed by atoms with Gasteiger partial charge < -0.3 is 10.4 Å². The standard InChI is InChI=1S/C4H8INO2/c1-6-3(2-5)4(7)8/h3,6H,2H2,1H3,(H,7,8)/t3-/m0/s1. The first-order valence-corrected chi connectivity index (χ1v) is 3.71. The fraction of sp³-hybridized carbons (Fsp3) is 0.750. The summed E-state index contributed by atoms with van der Waals surface area (Å²) in [6.07, 6.45) is 0. The van der Waals surface area contributed by atoms with E-state index in [-0.39, 0.29) is 0 Å². The Bertz CT molecular complexity index is 82.1. The summed E-state index contributed by atoms with van der Waals surface area (Å²) in [5.41, 5.74) is 0. The van der Waals surface area contributed by atoms with Crippen molar-refractivity contribution in [2.24, 2.45) is 0 Å². The van der Waals surface area contributed by atoms with Crippen molar-refractivity contribution in [3.8, 4) is 0 Å². The first-order valence-electron chi connectivity index (χ1n) is 2.18. The molecular formula is C4H8INO2. The number of rotatable bonds is 3. The molecule has 0 aromatic heterocycles. The van der Waals surface area contributed by atoms with Crippen molar-refractivity contribution in [2.75, 3.05) is 11.5 Å². The number of carboxylic acid groups (broad SMARTS) is 1. The van der Waals surface area contributed by atoms with Gasteiger partial charge in [-0.25, -0.2) is 0 Å². The van der Waals surface area contributed by atoms with Crippen LogP contribution in [0.4, 0.5) is 0 Å². The third kappa shape index (κ3) is 2.46. The maximum absolute atomic E-state index is 10.1. The molecule has 8 heavy (non-hydrogen) atoms. The van der Waals surface area contributed by atoms with Crippen molar-refractivity contribution < 1.29 is 9.90 Å². The van der Waals surface area contributed by atoms with Gasteiger partial charge in [0.25, 0.3) is 0 Å². The molecule has 0 aliphatic carbocycles. The molecule has 0 rings (SSSR count). The zero-order chi connectivity index (χ0) is 6.57. The van der Waals surface area contributed by atoms with Gasteiger partial charge in [-0.3, -0.25) is 4.79 Å². The number of carbonyl (C=O) groups is 1. The summed E-state index contributed by atoms with van der Waals surface area (Å²) in [4.78, 5) is 10.1. The number of alkyl halides is 1. The molecule has 48 valence electrons. The summed E-state index contributed by atoms with van der Waals surface area (Å²) in [6.45, 7) is 0. The SMILES string of the molecule is CN[C@@H](CI)C(=O)O. The highest BCUT2D eigenvalue weighted by molar-refractivity contribution is 14.1. The Balaban J connectivity index is 3.52. The van der Waals surface area contributed by atoms with E-state index in [1.165, 1.54) is 0 Å². The molecule has 0 heterocycles. The second-order valence-electron chi connectivity index (χ2n) is 1.33. The normalized spacial score (nSPS) is 13.2. The average molecular weight is 229 g/mol. The van der Waals surface area contributed by atoms with Crippen LogP contribution in [0.1, 0.15) is 0 Å². The fourth-order valence-electron chi connectivity index (χ4n) is 0.267. The number of hydrogen-bond donors (Lipinski definition) is 2. The monoisotopic (exact) mass is 229 g/mol. The van der Waals surface area contributed by atoms with Crippen molar-refractivity contribution >= 4 is 28.6 Å². The molecule has 0 radical (unpaired) electrons. The average Bonchev–Trinajstić information content (AvgIpc) is 1.69. The predicted octanol–water partition coefficient (Wildman–Crippen LogP) is 0.0940. The molecule has 0 bridgehead atoms. The first-order chi connectivity index (χ1) is 3.72. The minimum absolute atomic E-state index is 0.393. The lowest BCUT2D eigenvalue weighted by Crippen LogP contribution is -2.34. The van der Waals surface area contributed by atoms with Crippen LogP contribution < -0.4 is 5.32 Å². The topological polar surface area (TPSA) is 49.3 Å². The predicted molar refractivity (Wildman–Crippen MR) is 39.4 cm³/mol. The first kappa shape index (κ1) is 8.16. The van der Waals surface area contributed by atoms with Crippen molar-refractivity contribution in [1.82, 2.24) is 5.32 Å². The van der Waals surface area contributed by atoms with Crippen molar-refractivity contribution in [2.45, 2.75) is 6.04 Å². The van der Waals surface area contributed by atoms with Gasteiger partial charge in [0, 0.05) is 4.43 Å². The van der Waals surface area contributed by atoms with Crippen LogP contribution in [0, 0.1) is 0 Å². The molecule has 4 heteroatoms. The minimum Gasteiger partial charge on any atom is -0.480 e. The van der Waals surface area contributed by atoms with Gasteiger partial charge in [-0.2, -0.15) is 0 Å². The smallest absolute Gasteiger partial charge is 0.321 e. The van der Waals surface area contributed by atoms with Gasteiger partial charge in [-0.1, -0.05) is 22.6 Å². The van der Waals surface area contributed by atoms with E-state index in [4.69, 9.17) is 5.11 Å². The summed E-state index contributed by atoms with van der Waals surface area (Å²) in [6, 6.07) is -0.393. The molecule has 2 N–H and O–H groups in total. The highest BCUT2D eigenvalue weighted by atomic mass is 127. The number of halogens is 1. The molecule has 0 aromatic carbocycles. The molecule has 3 nitrogen and oxygen atoms in total. The lowest BCUT2D eigenvalue weighted by molar-refractivity contribution is -0.138. The Morgan fingerprint density at radius 3 is 2.50 bits per heavy atom. The van der Waals surface area contributed by atoms with E-state index in [9.17, 15) is 4.79 Å². The Morgan fingerprint density at radius 2 is 2.50 bits per heavy atom. The second kappa shape index (κ2) is 4.08. The molecule has 0 aromatic rings. The maximum Gasteiger partial charge on any atom is 0.321 e. The molecule has 1 atom stereocenters. The number of carboxylic acids is 1. The number of aliphatic carboxylic acids is 1. The van der Waals surface area contributed by atoms with Gasteiger partial charge in [0.05, 0.1) is 0 Å². The van der Waals surface area contributed by atoms with Gasteiger partial charge in [0.1, 0.15) is 6.04 Å². The molecule has 0 saturated heterocycles. The second-order valence-corrected chi connectivity index (χ2v) is 2.21. The van der Waals surface area contributed by atoms with Gasteiger partial charge in [-0.15, -0.1) is 0 Å². The van der Waals surface area contributed by atoms with Crippen molar-refractivity contribution in [3.63, 3.8) is 0 Å². The van der Waals surface area contributed by atoms with Crippen LogP contribution in [-0.4, -0.2) is 28.6 Å². The lowest BCUT2D eigenvalue weighted by Gasteiger charge is -2.04. The third-order valence-electron chi connectivity index (χ3n) is 0.801.